The summed E-state index contributed by atoms with van der Waals surface area (Å²) in [6.07, 6.45) is 1.22. The Balaban J connectivity index is 1.79. The molecule has 1 aromatic heterocycles. The van der Waals surface area contributed by atoms with Gasteiger partial charge in [0.15, 0.2) is 5.54 Å². The molecule has 1 saturated heterocycles. The van der Waals surface area contributed by atoms with Crippen LogP contribution in [0.1, 0.15) is 23.7 Å². The second-order valence-electron chi connectivity index (χ2n) is 7.88. The van der Waals surface area contributed by atoms with Crippen LogP contribution in [-0.4, -0.2) is 46.2 Å². The smallest absolute Gasteiger partial charge is 0.255 e. The van der Waals surface area contributed by atoms with Crippen molar-refractivity contribution in [2.24, 2.45) is 0 Å². The summed E-state index contributed by atoms with van der Waals surface area (Å²) in [5.74, 6) is -0.00158. The zero-order chi connectivity index (χ0) is 19.5. The van der Waals surface area contributed by atoms with E-state index in [-0.39, 0.29) is 11.8 Å². The summed E-state index contributed by atoms with van der Waals surface area (Å²) in [4.78, 5) is 34.0. The number of nitrogens with one attached hydrogen (secondary N) is 1. The predicted molar refractivity (Wildman–Crippen MR) is 108 cm³/mol. The SMILES string of the molecule is C[C@H]1C(=O)N2CCc3c([nH]c4ccccc34)[C@]2(Cc2ccccc2)C(=O)N1C. The summed E-state index contributed by atoms with van der Waals surface area (Å²) in [7, 11) is 1.74. The van der Waals surface area contributed by atoms with E-state index in [2.05, 4.69) is 11.1 Å². The minimum absolute atomic E-state index is 0.0161. The lowest BCUT2D eigenvalue weighted by atomic mass is 9.76. The van der Waals surface area contributed by atoms with Crippen molar-refractivity contribution >= 4 is 22.7 Å². The molecule has 0 aliphatic carbocycles. The van der Waals surface area contributed by atoms with E-state index in [0.29, 0.717) is 13.0 Å². The van der Waals surface area contributed by atoms with E-state index >= 15 is 0 Å². The molecule has 0 radical (unpaired) electrons. The second kappa shape index (κ2) is 5.96. The van der Waals surface area contributed by atoms with Gasteiger partial charge in [0.1, 0.15) is 6.04 Å². The summed E-state index contributed by atoms with van der Waals surface area (Å²) in [5, 5.41) is 1.14. The molecular formula is C23H23N3O2. The number of benzene rings is 2. The first-order chi connectivity index (χ1) is 13.5. The van der Waals surface area contributed by atoms with Crippen molar-refractivity contribution < 1.29 is 9.59 Å². The first-order valence-corrected chi connectivity index (χ1v) is 9.77. The van der Waals surface area contributed by atoms with Gasteiger partial charge in [0, 0.05) is 30.9 Å². The molecule has 0 bridgehead atoms. The lowest BCUT2D eigenvalue weighted by molar-refractivity contribution is -0.171. The highest BCUT2D eigenvalue weighted by atomic mass is 16.2. The van der Waals surface area contributed by atoms with Crippen LogP contribution in [0.2, 0.25) is 0 Å². The monoisotopic (exact) mass is 373 g/mol. The van der Waals surface area contributed by atoms with Gasteiger partial charge in [-0.3, -0.25) is 9.59 Å². The van der Waals surface area contributed by atoms with E-state index in [9.17, 15) is 9.59 Å². The van der Waals surface area contributed by atoms with Gasteiger partial charge >= 0.3 is 0 Å². The Morgan fingerprint density at radius 3 is 2.57 bits per heavy atom. The molecule has 0 saturated carbocycles. The molecule has 2 atom stereocenters. The second-order valence-corrected chi connectivity index (χ2v) is 7.88. The molecule has 28 heavy (non-hydrogen) atoms. The third kappa shape index (κ3) is 2.13. The Morgan fingerprint density at radius 2 is 1.79 bits per heavy atom. The summed E-state index contributed by atoms with van der Waals surface area (Å²) < 4.78 is 0. The van der Waals surface area contributed by atoms with Crippen LogP contribution in [0.4, 0.5) is 0 Å². The number of piperazine rings is 1. The predicted octanol–water partition coefficient (Wildman–Crippen LogP) is 2.85. The van der Waals surface area contributed by atoms with Crippen molar-refractivity contribution in [3.63, 3.8) is 0 Å². The van der Waals surface area contributed by atoms with Crippen molar-refractivity contribution in [2.75, 3.05) is 13.6 Å². The number of fused-ring (bicyclic) bond motifs is 5. The summed E-state index contributed by atoms with van der Waals surface area (Å²) in [6.45, 7) is 2.37. The number of aromatic nitrogens is 1. The van der Waals surface area contributed by atoms with E-state index < -0.39 is 11.6 Å². The molecule has 5 nitrogen and oxygen atoms in total. The van der Waals surface area contributed by atoms with Gasteiger partial charge in [-0.25, -0.2) is 0 Å². The molecule has 0 unspecified atom stereocenters. The average Bonchev–Trinajstić information content (AvgIpc) is 3.11. The molecule has 2 aliphatic heterocycles. The fraction of sp³-hybridized carbons (Fsp3) is 0.304. The van der Waals surface area contributed by atoms with Crippen LogP contribution in [0, 0.1) is 0 Å². The summed E-state index contributed by atoms with van der Waals surface area (Å²) in [5.41, 5.74) is 3.07. The van der Waals surface area contributed by atoms with E-state index in [1.165, 1.54) is 0 Å². The number of carbonyl (C=O) groups is 2. The average molecular weight is 373 g/mol. The number of H-pyrrole nitrogens is 1. The van der Waals surface area contributed by atoms with Crippen LogP contribution >= 0.6 is 0 Å². The molecule has 5 heteroatoms. The van der Waals surface area contributed by atoms with Crippen molar-refractivity contribution in [3.8, 4) is 0 Å². The topological polar surface area (TPSA) is 56.4 Å². The number of amides is 2. The van der Waals surface area contributed by atoms with E-state index in [1.54, 1.807) is 11.9 Å². The number of carbonyl (C=O) groups excluding carboxylic acids is 2. The number of aromatic amines is 1. The van der Waals surface area contributed by atoms with Crippen LogP contribution in [0.15, 0.2) is 54.6 Å². The Bertz CT molecular complexity index is 1090. The Kier molecular flexibility index (Phi) is 3.63. The number of nitrogens with zero attached hydrogens (tertiary/aromatic N) is 2. The molecular weight excluding hydrogens is 350 g/mol. The van der Waals surface area contributed by atoms with Gasteiger partial charge in [0.2, 0.25) is 5.91 Å². The quantitative estimate of drug-likeness (QED) is 0.751. The maximum Gasteiger partial charge on any atom is 0.255 e. The number of likely N-dealkylation sites (N-methyl/N-ethyl adjacent to an activating group) is 1. The number of rotatable bonds is 2. The minimum atomic E-state index is -1.02. The zero-order valence-corrected chi connectivity index (χ0v) is 16.1. The molecule has 3 aromatic rings. The minimum Gasteiger partial charge on any atom is -0.356 e. The first kappa shape index (κ1) is 17.0. The normalized spacial score (nSPS) is 24.4. The zero-order valence-electron chi connectivity index (χ0n) is 16.1. The lowest BCUT2D eigenvalue weighted by Gasteiger charge is -2.52. The Hall–Kier alpha value is -3.08. The summed E-state index contributed by atoms with van der Waals surface area (Å²) in [6, 6.07) is 17.7. The highest BCUT2D eigenvalue weighted by Gasteiger charge is 2.58. The third-order valence-electron chi connectivity index (χ3n) is 6.45. The molecule has 2 aromatic carbocycles. The number of hydrogen-bond donors (Lipinski definition) is 1. The van der Waals surface area contributed by atoms with Crippen molar-refractivity contribution in [2.45, 2.75) is 31.3 Å². The fourth-order valence-electron chi connectivity index (χ4n) is 4.89. The first-order valence-electron chi connectivity index (χ1n) is 9.77. The van der Waals surface area contributed by atoms with Crippen LogP contribution < -0.4 is 0 Å². The molecule has 2 aliphatic rings. The van der Waals surface area contributed by atoms with Crippen molar-refractivity contribution in [1.29, 1.82) is 0 Å². The number of hydrogen-bond acceptors (Lipinski definition) is 2. The van der Waals surface area contributed by atoms with Crippen LogP contribution in [0.3, 0.4) is 0 Å². The van der Waals surface area contributed by atoms with Crippen LogP contribution in [-0.2, 0) is 28.0 Å². The van der Waals surface area contributed by atoms with E-state index in [4.69, 9.17) is 0 Å². The number of para-hydroxylation sites is 1. The van der Waals surface area contributed by atoms with Gasteiger partial charge in [-0.2, -0.15) is 0 Å². The van der Waals surface area contributed by atoms with E-state index in [0.717, 1.165) is 34.1 Å². The van der Waals surface area contributed by atoms with E-state index in [1.807, 2.05) is 60.4 Å². The molecule has 0 spiro atoms. The maximum atomic E-state index is 13.8. The summed E-state index contributed by atoms with van der Waals surface area (Å²) >= 11 is 0. The largest absolute Gasteiger partial charge is 0.356 e. The third-order valence-corrected chi connectivity index (χ3v) is 6.45. The molecule has 2 amide bonds. The lowest BCUT2D eigenvalue weighted by Crippen LogP contribution is -2.70. The Morgan fingerprint density at radius 1 is 1.07 bits per heavy atom. The van der Waals surface area contributed by atoms with Gasteiger partial charge in [-0.1, -0.05) is 48.5 Å². The molecule has 5 rings (SSSR count). The van der Waals surface area contributed by atoms with Gasteiger partial charge in [0.05, 0.1) is 5.69 Å². The highest BCUT2D eigenvalue weighted by Crippen LogP contribution is 2.45. The fourth-order valence-corrected chi connectivity index (χ4v) is 4.89. The molecule has 142 valence electrons. The van der Waals surface area contributed by atoms with Crippen molar-refractivity contribution in [3.05, 3.63) is 71.4 Å². The molecule has 1 fully saturated rings. The molecule has 3 heterocycles. The standard InChI is InChI=1S/C23H23N3O2/c1-15-21(27)26-13-12-18-17-10-6-7-11-19(17)24-20(18)23(26,22(28)25(15)2)14-16-8-4-3-5-9-16/h3-11,15,24H,12-14H2,1-2H3/t15-,23+/m0/s1. The van der Waals surface area contributed by atoms with Crippen LogP contribution in [0.25, 0.3) is 10.9 Å². The van der Waals surface area contributed by atoms with Gasteiger partial charge in [-0.05, 0) is 30.5 Å². The highest BCUT2D eigenvalue weighted by molar-refractivity contribution is 6.02. The maximum absolute atomic E-state index is 13.8. The van der Waals surface area contributed by atoms with Gasteiger partial charge in [-0.15, -0.1) is 0 Å². The Labute approximate surface area is 163 Å². The van der Waals surface area contributed by atoms with Gasteiger partial charge in [0.25, 0.3) is 5.91 Å². The molecule has 1 N–H and O–H groups in total. The van der Waals surface area contributed by atoms with Crippen molar-refractivity contribution in [1.82, 2.24) is 14.8 Å². The van der Waals surface area contributed by atoms with Gasteiger partial charge < -0.3 is 14.8 Å². The van der Waals surface area contributed by atoms with Crippen LogP contribution in [0.5, 0.6) is 0 Å².